The van der Waals surface area contributed by atoms with Crippen molar-refractivity contribution in [1.82, 2.24) is 0 Å². The van der Waals surface area contributed by atoms with E-state index in [2.05, 4.69) is 194 Å². The second-order valence-electron chi connectivity index (χ2n) is 13.4. The lowest BCUT2D eigenvalue weighted by atomic mass is 9.84. The molecule has 10 rings (SSSR count). The Morgan fingerprint density at radius 2 is 0.860 bits per heavy atom. The number of benzene rings is 10. The molecule has 0 N–H and O–H groups in total. The molecule has 0 amide bonds. The third kappa shape index (κ3) is 4.41. The highest BCUT2D eigenvalue weighted by atomic mass is 15.1. The van der Waals surface area contributed by atoms with E-state index in [4.69, 9.17) is 0 Å². The van der Waals surface area contributed by atoms with Crippen LogP contribution in [0.4, 0.5) is 17.1 Å². The first-order chi connectivity index (χ1) is 24.7. The SMILES string of the molecule is Cc1ccc(/C=C/c2ccc(N(c3ccccc3)c3c4ccccc4c4c5c3cccc5c3cccc5cc6ccccc6c4c53)cc2)cc1. The van der Waals surface area contributed by atoms with E-state index in [9.17, 15) is 0 Å². The van der Waals surface area contributed by atoms with Crippen LogP contribution in [0.3, 0.4) is 0 Å². The highest BCUT2D eigenvalue weighted by Gasteiger charge is 2.24. The molecule has 0 fully saturated rings. The molecule has 0 spiro atoms. The van der Waals surface area contributed by atoms with E-state index >= 15 is 0 Å². The van der Waals surface area contributed by atoms with Gasteiger partial charge in [-0.3, -0.25) is 0 Å². The van der Waals surface area contributed by atoms with E-state index < -0.39 is 0 Å². The standard InChI is InChI=1S/C49H33N/c1-32-21-23-33(24-22-32)25-26-34-27-29-38(30-28-34)50(37-13-3-2-4-14-37)49-43-17-8-7-16-42(43)48-46-41(19-10-20-44(46)49)40-18-9-12-36-31-35-11-5-6-15-39(35)47(48)45(36)40/h2-31H,1H3/b26-25+. The second kappa shape index (κ2) is 11.3. The third-order valence-corrected chi connectivity index (χ3v) is 10.4. The second-order valence-corrected chi connectivity index (χ2v) is 13.4. The fourth-order valence-electron chi connectivity index (χ4n) is 8.13. The topological polar surface area (TPSA) is 3.24 Å². The summed E-state index contributed by atoms with van der Waals surface area (Å²) in [4.78, 5) is 2.46. The van der Waals surface area contributed by atoms with Gasteiger partial charge in [0.2, 0.25) is 0 Å². The Labute approximate surface area is 291 Å². The molecule has 0 bridgehead atoms. The largest absolute Gasteiger partial charge is 0.309 e. The van der Waals surface area contributed by atoms with Crippen molar-refractivity contribution >= 4 is 93.8 Å². The Kier molecular flexibility index (Phi) is 6.47. The zero-order valence-corrected chi connectivity index (χ0v) is 27.8. The fourth-order valence-corrected chi connectivity index (χ4v) is 8.13. The Hall–Kier alpha value is -6.44. The first-order valence-electron chi connectivity index (χ1n) is 17.4. The number of rotatable bonds is 5. The van der Waals surface area contributed by atoms with Crippen molar-refractivity contribution in [2.75, 3.05) is 4.90 Å². The monoisotopic (exact) mass is 635 g/mol. The minimum absolute atomic E-state index is 1.12. The molecule has 234 valence electrons. The maximum Gasteiger partial charge on any atom is 0.0619 e. The zero-order valence-electron chi connectivity index (χ0n) is 27.8. The number of anilines is 3. The van der Waals surface area contributed by atoms with Gasteiger partial charge in [-0.15, -0.1) is 0 Å². The number of para-hydroxylation sites is 1. The van der Waals surface area contributed by atoms with Crippen molar-refractivity contribution in [1.29, 1.82) is 0 Å². The summed E-state index contributed by atoms with van der Waals surface area (Å²) in [6.45, 7) is 2.12. The van der Waals surface area contributed by atoms with E-state index in [-0.39, 0.29) is 0 Å². The van der Waals surface area contributed by atoms with Gasteiger partial charge < -0.3 is 4.90 Å². The average molecular weight is 636 g/mol. The van der Waals surface area contributed by atoms with Gasteiger partial charge in [-0.1, -0.05) is 157 Å². The molecule has 0 radical (unpaired) electrons. The van der Waals surface area contributed by atoms with Crippen molar-refractivity contribution < 1.29 is 0 Å². The zero-order chi connectivity index (χ0) is 33.2. The summed E-state index contributed by atoms with van der Waals surface area (Å²) in [6, 6.07) is 62.4. The summed E-state index contributed by atoms with van der Waals surface area (Å²) in [5.41, 5.74) is 7.09. The molecule has 0 atom stereocenters. The summed E-state index contributed by atoms with van der Waals surface area (Å²) in [5, 5.41) is 15.6. The number of hydrogen-bond donors (Lipinski definition) is 0. The van der Waals surface area contributed by atoms with Gasteiger partial charge in [0.25, 0.3) is 0 Å². The van der Waals surface area contributed by atoms with E-state index in [1.807, 2.05) is 0 Å². The molecule has 10 aromatic carbocycles. The van der Waals surface area contributed by atoms with Crippen molar-refractivity contribution in [3.63, 3.8) is 0 Å². The van der Waals surface area contributed by atoms with Gasteiger partial charge in [0.1, 0.15) is 0 Å². The van der Waals surface area contributed by atoms with Crippen LogP contribution in [0.1, 0.15) is 16.7 Å². The van der Waals surface area contributed by atoms with Crippen LogP contribution in [0.2, 0.25) is 0 Å². The Morgan fingerprint density at radius 1 is 0.360 bits per heavy atom. The highest BCUT2D eigenvalue weighted by Crippen LogP contribution is 2.51. The molecule has 10 aromatic rings. The summed E-state index contributed by atoms with van der Waals surface area (Å²) in [5.74, 6) is 0. The highest BCUT2D eigenvalue weighted by molar-refractivity contribution is 6.44. The smallest absolute Gasteiger partial charge is 0.0619 e. The maximum absolute atomic E-state index is 2.46. The normalized spacial score (nSPS) is 12.0. The molecule has 50 heavy (non-hydrogen) atoms. The van der Waals surface area contributed by atoms with Gasteiger partial charge in [0.05, 0.1) is 5.69 Å². The van der Waals surface area contributed by atoms with E-state index in [0.29, 0.717) is 0 Å². The quantitative estimate of drug-likeness (QED) is 0.103. The van der Waals surface area contributed by atoms with Crippen LogP contribution in [-0.2, 0) is 0 Å². The summed E-state index contributed by atoms with van der Waals surface area (Å²) < 4.78 is 0. The van der Waals surface area contributed by atoms with Crippen molar-refractivity contribution in [3.8, 4) is 0 Å². The molecule has 0 aromatic heterocycles. The van der Waals surface area contributed by atoms with Gasteiger partial charge in [-0.05, 0) is 96.9 Å². The van der Waals surface area contributed by atoms with Gasteiger partial charge >= 0.3 is 0 Å². The van der Waals surface area contributed by atoms with E-state index in [0.717, 1.165) is 11.4 Å². The molecule has 0 saturated heterocycles. The van der Waals surface area contributed by atoms with Crippen LogP contribution in [0, 0.1) is 6.92 Å². The molecule has 1 nitrogen and oxygen atoms in total. The molecular weight excluding hydrogens is 603 g/mol. The third-order valence-electron chi connectivity index (χ3n) is 10.4. The Morgan fingerprint density at radius 3 is 1.62 bits per heavy atom. The molecule has 0 aliphatic heterocycles. The van der Waals surface area contributed by atoms with Crippen LogP contribution in [0.5, 0.6) is 0 Å². The minimum Gasteiger partial charge on any atom is -0.309 e. The van der Waals surface area contributed by atoms with Gasteiger partial charge in [-0.25, -0.2) is 0 Å². The first kappa shape index (κ1) is 28.6. The molecule has 0 aliphatic rings. The molecule has 0 unspecified atom stereocenters. The van der Waals surface area contributed by atoms with Crippen molar-refractivity contribution in [2.45, 2.75) is 6.92 Å². The van der Waals surface area contributed by atoms with Crippen LogP contribution in [0.25, 0.3) is 76.8 Å². The molecule has 0 saturated carbocycles. The molecule has 1 heteroatoms. The Balaban J connectivity index is 1.29. The lowest BCUT2D eigenvalue weighted by Gasteiger charge is -2.30. The van der Waals surface area contributed by atoms with E-state index in [1.54, 1.807) is 0 Å². The Bertz CT molecular complexity index is 2900. The van der Waals surface area contributed by atoms with Gasteiger partial charge in [0, 0.05) is 27.5 Å². The molecule has 0 heterocycles. The summed E-state index contributed by atoms with van der Waals surface area (Å²) in [6.07, 6.45) is 4.38. The number of nitrogens with zero attached hydrogens (tertiary/aromatic N) is 1. The van der Waals surface area contributed by atoms with Crippen LogP contribution >= 0.6 is 0 Å². The predicted octanol–water partition coefficient (Wildman–Crippen LogP) is 14.0. The minimum atomic E-state index is 1.12. The number of hydrogen-bond acceptors (Lipinski definition) is 1. The molecular formula is C49H33N. The average Bonchev–Trinajstić information content (AvgIpc) is 3.17. The number of aryl methyl sites for hydroxylation is 1. The van der Waals surface area contributed by atoms with Crippen LogP contribution < -0.4 is 4.90 Å². The predicted molar refractivity (Wildman–Crippen MR) is 217 cm³/mol. The van der Waals surface area contributed by atoms with Crippen LogP contribution in [-0.4, -0.2) is 0 Å². The summed E-state index contributed by atoms with van der Waals surface area (Å²) >= 11 is 0. The first-order valence-corrected chi connectivity index (χ1v) is 17.4. The summed E-state index contributed by atoms with van der Waals surface area (Å²) in [7, 11) is 0. The van der Waals surface area contributed by atoms with Crippen molar-refractivity contribution in [3.05, 3.63) is 187 Å². The lowest BCUT2D eigenvalue weighted by Crippen LogP contribution is -2.11. The number of fused-ring (bicyclic) bond motifs is 6. The van der Waals surface area contributed by atoms with E-state index in [1.165, 1.54) is 87.0 Å². The van der Waals surface area contributed by atoms with Crippen LogP contribution in [0.15, 0.2) is 170 Å². The lowest BCUT2D eigenvalue weighted by molar-refractivity contribution is 1.31. The van der Waals surface area contributed by atoms with Gasteiger partial charge in [0.15, 0.2) is 0 Å². The van der Waals surface area contributed by atoms with Crippen molar-refractivity contribution in [2.24, 2.45) is 0 Å². The maximum atomic E-state index is 2.46. The fraction of sp³-hybridized carbons (Fsp3) is 0.0204. The molecule has 0 aliphatic carbocycles. The van der Waals surface area contributed by atoms with Gasteiger partial charge in [-0.2, -0.15) is 0 Å².